The highest BCUT2D eigenvalue weighted by atomic mass is 16.5. The van der Waals surface area contributed by atoms with Gasteiger partial charge in [0, 0.05) is 26.3 Å². The van der Waals surface area contributed by atoms with Crippen LogP contribution in [0.1, 0.15) is 44.6 Å². The van der Waals surface area contributed by atoms with E-state index < -0.39 is 5.60 Å². The van der Waals surface area contributed by atoms with Crippen LogP contribution in [0.5, 0.6) is 0 Å². The fourth-order valence-electron chi connectivity index (χ4n) is 2.29. The second-order valence-corrected chi connectivity index (χ2v) is 6.68. The molecule has 0 spiro atoms. The first-order valence-electron chi connectivity index (χ1n) is 8.90. The van der Waals surface area contributed by atoms with Gasteiger partial charge in [0.15, 0.2) is 5.96 Å². The lowest BCUT2D eigenvalue weighted by atomic mass is 10.0. The SMILES string of the molecule is CCNC(=NCC(C)(O)c1ccc(C)o1)NCCCOCC1CC1. The normalized spacial score (nSPS) is 17.6. The molecule has 1 aromatic rings. The Bertz CT molecular complexity index is 521. The van der Waals surface area contributed by atoms with Gasteiger partial charge in [0.2, 0.25) is 0 Å². The molecule has 0 aliphatic heterocycles. The van der Waals surface area contributed by atoms with Crippen LogP contribution in [-0.4, -0.2) is 43.9 Å². The third kappa shape index (κ3) is 6.53. The van der Waals surface area contributed by atoms with E-state index in [1.54, 1.807) is 13.0 Å². The van der Waals surface area contributed by atoms with E-state index in [1.165, 1.54) is 12.8 Å². The van der Waals surface area contributed by atoms with Crippen LogP contribution in [0.2, 0.25) is 0 Å². The molecule has 0 aromatic carbocycles. The number of ether oxygens (including phenoxy) is 1. The first-order valence-corrected chi connectivity index (χ1v) is 8.90. The molecule has 1 atom stereocenters. The van der Waals surface area contributed by atoms with Crippen molar-refractivity contribution < 1.29 is 14.3 Å². The van der Waals surface area contributed by atoms with E-state index in [9.17, 15) is 5.11 Å². The number of aliphatic imine (C=N–C) groups is 1. The maximum absolute atomic E-state index is 10.5. The van der Waals surface area contributed by atoms with Gasteiger partial charge in [0.25, 0.3) is 0 Å². The Kier molecular flexibility index (Phi) is 7.12. The van der Waals surface area contributed by atoms with Crippen LogP contribution < -0.4 is 10.6 Å². The third-order valence-electron chi connectivity index (χ3n) is 3.97. The van der Waals surface area contributed by atoms with Crippen LogP contribution >= 0.6 is 0 Å². The van der Waals surface area contributed by atoms with Crippen LogP contribution in [-0.2, 0) is 10.3 Å². The van der Waals surface area contributed by atoms with E-state index in [0.717, 1.165) is 44.4 Å². The number of aliphatic hydroxyl groups is 1. The fourth-order valence-corrected chi connectivity index (χ4v) is 2.29. The quantitative estimate of drug-likeness (QED) is 0.346. The Balaban J connectivity index is 1.74. The third-order valence-corrected chi connectivity index (χ3v) is 3.97. The predicted molar refractivity (Wildman–Crippen MR) is 95.2 cm³/mol. The average Bonchev–Trinajstić information content (AvgIpc) is 3.26. The van der Waals surface area contributed by atoms with Gasteiger partial charge in [0.1, 0.15) is 17.1 Å². The number of aryl methyl sites for hydroxylation is 1. The van der Waals surface area contributed by atoms with Gasteiger partial charge in [-0.2, -0.15) is 0 Å². The van der Waals surface area contributed by atoms with Crippen molar-refractivity contribution >= 4 is 5.96 Å². The van der Waals surface area contributed by atoms with Gasteiger partial charge in [-0.3, -0.25) is 0 Å². The zero-order chi connectivity index (χ0) is 17.4. The van der Waals surface area contributed by atoms with E-state index in [-0.39, 0.29) is 6.54 Å². The summed E-state index contributed by atoms with van der Waals surface area (Å²) in [5, 5.41) is 17.0. The van der Waals surface area contributed by atoms with Crippen molar-refractivity contribution in [2.24, 2.45) is 10.9 Å². The molecule has 1 aliphatic carbocycles. The van der Waals surface area contributed by atoms with Gasteiger partial charge < -0.3 is 24.9 Å². The Morgan fingerprint density at radius 3 is 2.83 bits per heavy atom. The molecule has 24 heavy (non-hydrogen) atoms. The van der Waals surface area contributed by atoms with E-state index >= 15 is 0 Å². The summed E-state index contributed by atoms with van der Waals surface area (Å²) in [6.45, 7) is 9.05. The molecule has 1 aliphatic rings. The van der Waals surface area contributed by atoms with Crippen LogP contribution in [0.15, 0.2) is 21.5 Å². The molecular formula is C18H31N3O3. The maximum Gasteiger partial charge on any atom is 0.191 e. The highest BCUT2D eigenvalue weighted by Gasteiger charge is 2.26. The van der Waals surface area contributed by atoms with Crippen molar-refractivity contribution in [2.75, 3.05) is 32.8 Å². The van der Waals surface area contributed by atoms with E-state index in [0.29, 0.717) is 11.7 Å². The highest BCUT2D eigenvalue weighted by Crippen LogP contribution is 2.28. The van der Waals surface area contributed by atoms with Gasteiger partial charge in [-0.1, -0.05) is 0 Å². The molecule has 0 saturated heterocycles. The molecule has 1 unspecified atom stereocenters. The van der Waals surface area contributed by atoms with Gasteiger partial charge in [-0.25, -0.2) is 4.99 Å². The molecule has 1 heterocycles. The molecule has 0 bridgehead atoms. The summed E-state index contributed by atoms with van der Waals surface area (Å²) >= 11 is 0. The lowest BCUT2D eigenvalue weighted by Crippen LogP contribution is -2.39. The van der Waals surface area contributed by atoms with Crippen molar-refractivity contribution in [2.45, 2.75) is 45.6 Å². The second kappa shape index (κ2) is 9.08. The summed E-state index contributed by atoms with van der Waals surface area (Å²) in [4.78, 5) is 4.47. The molecule has 6 heteroatoms. The standard InChI is InChI=1S/C18H31N3O3/c1-4-19-17(20-10-5-11-23-12-15-7-8-15)21-13-18(3,22)16-9-6-14(2)24-16/h6,9,15,22H,4-5,7-8,10-13H2,1-3H3,(H2,19,20,21). The molecule has 2 rings (SSSR count). The number of rotatable bonds is 10. The Morgan fingerprint density at radius 2 is 2.21 bits per heavy atom. The number of hydrogen-bond donors (Lipinski definition) is 3. The summed E-state index contributed by atoms with van der Waals surface area (Å²) < 4.78 is 11.1. The van der Waals surface area contributed by atoms with E-state index in [2.05, 4.69) is 15.6 Å². The second-order valence-electron chi connectivity index (χ2n) is 6.68. The van der Waals surface area contributed by atoms with Crippen LogP contribution in [0.4, 0.5) is 0 Å². The Labute approximate surface area is 144 Å². The van der Waals surface area contributed by atoms with Gasteiger partial charge in [-0.15, -0.1) is 0 Å². The average molecular weight is 337 g/mol. The molecule has 3 N–H and O–H groups in total. The topological polar surface area (TPSA) is 79.0 Å². The van der Waals surface area contributed by atoms with Gasteiger partial charge in [0.05, 0.1) is 6.54 Å². The molecule has 6 nitrogen and oxygen atoms in total. The van der Waals surface area contributed by atoms with Gasteiger partial charge >= 0.3 is 0 Å². The first-order chi connectivity index (χ1) is 11.5. The molecule has 0 amide bonds. The zero-order valence-electron chi connectivity index (χ0n) is 15.1. The van der Waals surface area contributed by atoms with Crippen LogP contribution in [0.3, 0.4) is 0 Å². The number of nitrogens with one attached hydrogen (secondary N) is 2. The Morgan fingerprint density at radius 1 is 1.42 bits per heavy atom. The van der Waals surface area contributed by atoms with E-state index in [1.807, 2.05) is 19.9 Å². The minimum atomic E-state index is -1.12. The highest BCUT2D eigenvalue weighted by molar-refractivity contribution is 5.79. The summed E-state index contributed by atoms with van der Waals surface area (Å²) in [5.74, 6) is 2.83. The predicted octanol–water partition coefficient (Wildman–Crippen LogP) is 2.17. The number of furan rings is 1. The Hall–Kier alpha value is -1.53. The number of guanidine groups is 1. The van der Waals surface area contributed by atoms with Crippen molar-refractivity contribution in [1.29, 1.82) is 0 Å². The van der Waals surface area contributed by atoms with Crippen molar-refractivity contribution in [3.8, 4) is 0 Å². The minimum absolute atomic E-state index is 0.230. The molecule has 1 aromatic heterocycles. The minimum Gasteiger partial charge on any atom is -0.463 e. The summed E-state index contributed by atoms with van der Waals surface area (Å²) in [6, 6.07) is 3.64. The molecule has 136 valence electrons. The molecule has 0 radical (unpaired) electrons. The van der Waals surface area contributed by atoms with Crippen molar-refractivity contribution in [3.63, 3.8) is 0 Å². The largest absolute Gasteiger partial charge is 0.463 e. The first kappa shape index (κ1) is 18.8. The molecule has 1 fully saturated rings. The lowest BCUT2D eigenvalue weighted by Gasteiger charge is -2.19. The fraction of sp³-hybridized carbons (Fsp3) is 0.722. The smallest absolute Gasteiger partial charge is 0.191 e. The van der Waals surface area contributed by atoms with Crippen LogP contribution in [0.25, 0.3) is 0 Å². The van der Waals surface area contributed by atoms with Gasteiger partial charge in [-0.05, 0) is 58.1 Å². The van der Waals surface area contributed by atoms with E-state index in [4.69, 9.17) is 9.15 Å². The zero-order valence-corrected chi connectivity index (χ0v) is 15.1. The van der Waals surface area contributed by atoms with Crippen molar-refractivity contribution in [1.82, 2.24) is 10.6 Å². The monoisotopic (exact) mass is 337 g/mol. The lowest BCUT2D eigenvalue weighted by molar-refractivity contribution is 0.0428. The molecule has 1 saturated carbocycles. The molecular weight excluding hydrogens is 306 g/mol. The summed E-state index contributed by atoms with van der Waals surface area (Å²) in [7, 11) is 0. The summed E-state index contributed by atoms with van der Waals surface area (Å²) in [6.07, 6.45) is 3.58. The number of nitrogens with zero attached hydrogens (tertiary/aromatic N) is 1. The van der Waals surface area contributed by atoms with Crippen LogP contribution in [0, 0.1) is 12.8 Å². The summed E-state index contributed by atoms with van der Waals surface area (Å²) in [5.41, 5.74) is -1.12. The maximum atomic E-state index is 10.5. The number of hydrogen-bond acceptors (Lipinski definition) is 4. The van der Waals surface area contributed by atoms with Crippen molar-refractivity contribution in [3.05, 3.63) is 23.7 Å².